The van der Waals surface area contributed by atoms with E-state index < -0.39 is 0 Å². The molecule has 0 bridgehead atoms. The van der Waals surface area contributed by atoms with Crippen LogP contribution in [0, 0.1) is 20.8 Å². The van der Waals surface area contributed by atoms with Crippen LogP contribution in [0.25, 0.3) is 11.4 Å². The average Bonchev–Trinajstić information content (AvgIpc) is 2.49. The Morgan fingerprint density at radius 3 is 2.24 bits per heavy atom. The van der Waals surface area contributed by atoms with Gasteiger partial charge in [0.25, 0.3) is 0 Å². The third-order valence-electron chi connectivity index (χ3n) is 2.78. The second-order valence-electron chi connectivity index (χ2n) is 4.00. The Bertz CT molecular complexity index is 565. The molecule has 0 aliphatic carbocycles. The van der Waals surface area contributed by atoms with E-state index in [4.69, 9.17) is 5.73 Å². The molecule has 0 radical (unpaired) electrons. The molecule has 6 heteroatoms. The van der Waals surface area contributed by atoms with E-state index in [0.717, 1.165) is 27.1 Å². The van der Waals surface area contributed by atoms with Gasteiger partial charge >= 0.3 is 0 Å². The Labute approximate surface area is 108 Å². The molecule has 0 amide bonds. The van der Waals surface area contributed by atoms with E-state index in [-0.39, 0.29) is 0 Å². The van der Waals surface area contributed by atoms with Crippen molar-refractivity contribution in [2.45, 2.75) is 20.8 Å². The molecule has 0 saturated carbocycles. The van der Waals surface area contributed by atoms with Gasteiger partial charge in [-0.05, 0) is 36.7 Å². The molecule has 0 aromatic carbocycles. The summed E-state index contributed by atoms with van der Waals surface area (Å²) in [4.78, 5) is 8.75. The van der Waals surface area contributed by atoms with E-state index in [2.05, 4.69) is 31.0 Å². The molecule has 0 spiro atoms. The minimum absolute atomic E-state index is 0.454. The first kappa shape index (κ1) is 12.0. The third kappa shape index (κ3) is 1.93. The van der Waals surface area contributed by atoms with Gasteiger partial charge in [0.2, 0.25) is 0 Å². The summed E-state index contributed by atoms with van der Waals surface area (Å²) >= 11 is 3.36. The number of rotatable bonds is 1. The molecule has 2 heterocycles. The minimum atomic E-state index is 0.454. The molecule has 0 aliphatic heterocycles. The molecule has 0 aliphatic rings. The number of anilines is 1. The van der Waals surface area contributed by atoms with Crippen molar-refractivity contribution in [3.05, 3.63) is 21.6 Å². The summed E-state index contributed by atoms with van der Waals surface area (Å²) in [6, 6.07) is 0. The number of nitrogens with two attached hydrogens (primary N) is 1. The lowest BCUT2D eigenvalue weighted by molar-refractivity contribution is 0.731. The highest BCUT2D eigenvalue weighted by Gasteiger charge is 2.16. The Morgan fingerprint density at radius 1 is 1.12 bits per heavy atom. The fourth-order valence-corrected chi connectivity index (χ4v) is 1.97. The van der Waals surface area contributed by atoms with Gasteiger partial charge in [0, 0.05) is 12.7 Å². The SMILES string of the molecule is Cc1nc(-c2c(C)nn(C)c2C)nc(N)c1Br. The molecular formula is C11H14BrN5. The molecule has 2 aromatic rings. The van der Waals surface area contributed by atoms with Gasteiger partial charge in [0.1, 0.15) is 5.82 Å². The molecule has 2 aromatic heterocycles. The van der Waals surface area contributed by atoms with E-state index in [1.54, 1.807) is 0 Å². The average molecular weight is 296 g/mol. The van der Waals surface area contributed by atoms with E-state index in [9.17, 15) is 0 Å². The Balaban J connectivity index is 2.69. The molecule has 0 fully saturated rings. The molecule has 0 saturated heterocycles. The lowest BCUT2D eigenvalue weighted by atomic mass is 10.2. The predicted octanol–water partition coefficient (Wildman–Crippen LogP) is 2.15. The number of hydrogen-bond donors (Lipinski definition) is 1. The first-order valence-corrected chi connectivity index (χ1v) is 6.01. The molecule has 5 nitrogen and oxygen atoms in total. The first-order chi connectivity index (χ1) is 7.91. The number of aryl methyl sites for hydroxylation is 3. The van der Waals surface area contributed by atoms with Crippen molar-refractivity contribution in [2.75, 3.05) is 5.73 Å². The van der Waals surface area contributed by atoms with Crippen LogP contribution in [0.2, 0.25) is 0 Å². The Hall–Kier alpha value is -1.43. The van der Waals surface area contributed by atoms with Gasteiger partial charge in [-0.1, -0.05) is 0 Å². The highest BCUT2D eigenvalue weighted by atomic mass is 79.9. The van der Waals surface area contributed by atoms with Crippen LogP contribution in [0.3, 0.4) is 0 Å². The van der Waals surface area contributed by atoms with Crippen molar-refractivity contribution in [1.29, 1.82) is 0 Å². The molecular weight excluding hydrogens is 282 g/mol. The number of nitrogen functional groups attached to an aromatic ring is 1. The molecule has 90 valence electrons. The fraction of sp³-hybridized carbons (Fsp3) is 0.364. The number of halogens is 1. The smallest absolute Gasteiger partial charge is 0.165 e. The predicted molar refractivity (Wildman–Crippen MR) is 70.6 cm³/mol. The van der Waals surface area contributed by atoms with E-state index >= 15 is 0 Å². The summed E-state index contributed by atoms with van der Waals surface area (Å²) in [5, 5.41) is 4.35. The summed E-state index contributed by atoms with van der Waals surface area (Å²) in [7, 11) is 1.90. The fourth-order valence-electron chi connectivity index (χ4n) is 1.79. The molecule has 2 N–H and O–H groups in total. The summed E-state index contributed by atoms with van der Waals surface area (Å²) in [5.41, 5.74) is 9.56. The zero-order chi connectivity index (χ0) is 12.7. The van der Waals surface area contributed by atoms with Crippen LogP contribution in [-0.4, -0.2) is 19.7 Å². The van der Waals surface area contributed by atoms with Gasteiger partial charge in [-0.3, -0.25) is 4.68 Å². The van der Waals surface area contributed by atoms with Crippen LogP contribution < -0.4 is 5.73 Å². The first-order valence-electron chi connectivity index (χ1n) is 5.22. The van der Waals surface area contributed by atoms with Gasteiger partial charge in [0.15, 0.2) is 5.82 Å². The van der Waals surface area contributed by atoms with Crippen LogP contribution in [-0.2, 0) is 7.05 Å². The molecule has 0 atom stereocenters. The maximum Gasteiger partial charge on any atom is 0.165 e. The second kappa shape index (κ2) is 4.10. The molecule has 2 rings (SSSR count). The van der Waals surface area contributed by atoms with E-state index in [1.807, 2.05) is 32.5 Å². The monoisotopic (exact) mass is 295 g/mol. The van der Waals surface area contributed by atoms with Crippen LogP contribution in [0.5, 0.6) is 0 Å². The number of hydrogen-bond acceptors (Lipinski definition) is 4. The largest absolute Gasteiger partial charge is 0.383 e. The second-order valence-corrected chi connectivity index (χ2v) is 4.79. The van der Waals surface area contributed by atoms with Crippen LogP contribution in [0.1, 0.15) is 17.1 Å². The topological polar surface area (TPSA) is 69.6 Å². The Morgan fingerprint density at radius 2 is 1.76 bits per heavy atom. The normalized spacial score (nSPS) is 10.9. The van der Waals surface area contributed by atoms with Crippen molar-refractivity contribution in [3.63, 3.8) is 0 Å². The third-order valence-corrected chi connectivity index (χ3v) is 3.76. The van der Waals surface area contributed by atoms with Crippen molar-refractivity contribution in [1.82, 2.24) is 19.7 Å². The lowest BCUT2D eigenvalue weighted by Crippen LogP contribution is -2.01. The van der Waals surface area contributed by atoms with Crippen LogP contribution in [0.15, 0.2) is 4.47 Å². The lowest BCUT2D eigenvalue weighted by Gasteiger charge is -2.06. The van der Waals surface area contributed by atoms with Crippen molar-refractivity contribution < 1.29 is 0 Å². The standard InChI is InChI=1S/C11H14BrN5/c1-5-8(7(3)17(4)16-5)11-14-6(2)9(12)10(13)15-11/h1-4H3,(H2,13,14,15). The number of nitrogens with zero attached hydrogens (tertiary/aromatic N) is 4. The van der Waals surface area contributed by atoms with Crippen molar-refractivity contribution >= 4 is 21.7 Å². The van der Waals surface area contributed by atoms with Gasteiger partial charge in [-0.15, -0.1) is 0 Å². The maximum absolute atomic E-state index is 5.84. The van der Waals surface area contributed by atoms with Crippen LogP contribution in [0.4, 0.5) is 5.82 Å². The van der Waals surface area contributed by atoms with Crippen molar-refractivity contribution in [3.8, 4) is 11.4 Å². The highest BCUT2D eigenvalue weighted by molar-refractivity contribution is 9.10. The maximum atomic E-state index is 5.84. The minimum Gasteiger partial charge on any atom is -0.383 e. The summed E-state index contributed by atoms with van der Waals surface area (Å²) in [6.45, 7) is 5.83. The van der Waals surface area contributed by atoms with Crippen molar-refractivity contribution in [2.24, 2.45) is 7.05 Å². The van der Waals surface area contributed by atoms with Gasteiger partial charge in [-0.2, -0.15) is 5.10 Å². The van der Waals surface area contributed by atoms with E-state index in [1.165, 1.54) is 0 Å². The van der Waals surface area contributed by atoms with Gasteiger partial charge in [-0.25, -0.2) is 9.97 Å². The summed E-state index contributed by atoms with van der Waals surface area (Å²) in [6.07, 6.45) is 0. The van der Waals surface area contributed by atoms with Gasteiger partial charge in [0.05, 0.1) is 21.4 Å². The quantitative estimate of drug-likeness (QED) is 0.875. The van der Waals surface area contributed by atoms with Crippen LogP contribution >= 0.6 is 15.9 Å². The number of aromatic nitrogens is 4. The Kier molecular flexibility index (Phi) is 2.91. The summed E-state index contributed by atoms with van der Waals surface area (Å²) < 4.78 is 2.57. The zero-order valence-electron chi connectivity index (χ0n) is 10.2. The van der Waals surface area contributed by atoms with Gasteiger partial charge < -0.3 is 5.73 Å². The van der Waals surface area contributed by atoms with E-state index in [0.29, 0.717) is 11.6 Å². The zero-order valence-corrected chi connectivity index (χ0v) is 11.8. The highest BCUT2D eigenvalue weighted by Crippen LogP contribution is 2.28. The molecule has 17 heavy (non-hydrogen) atoms. The molecule has 0 unspecified atom stereocenters. The summed E-state index contributed by atoms with van der Waals surface area (Å²) in [5.74, 6) is 1.08.